The van der Waals surface area contributed by atoms with Gasteiger partial charge in [-0.15, -0.1) is 0 Å². The monoisotopic (exact) mass is 334 g/mol. The van der Waals surface area contributed by atoms with Crippen LogP contribution in [-0.2, 0) is 4.74 Å². The van der Waals surface area contributed by atoms with E-state index in [9.17, 15) is 4.79 Å². The summed E-state index contributed by atoms with van der Waals surface area (Å²) in [6.45, 7) is 7.73. The summed E-state index contributed by atoms with van der Waals surface area (Å²) in [4.78, 5) is 14.4. The molecule has 0 aromatic carbocycles. The predicted octanol–water partition coefficient (Wildman–Crippen LogP) is 1.95. The zero-order chi connectivity index (χ0) is 16.9. The van der Waals surface area contributed by atoms with Gasteiger partial charge < -0.3 is 15.0 Å². The molecule has 0 bridgehead atoms. The molecule has 1 aromatic rings. The number of piperidine rings is 1. The van der Waals surface area contributed by atoms with Crippen molar-refractivity contribution in [3.63, 3.8) is 0 Å². The standard InChI is InChI=1S/C18H30N4O2/c1-14(2)22-18(23)7-6-17(20-22)21-10-4-3-5-16(21)13-19-15-8-11-24-12-9-15/h6-7,14-16,19H,3-5,8-13H2,1-2H3. The Morgan fingerprint density at radius 2 is 2.04 bits per heavy atom. The van der Waals surface area contributed by atoms with E-state index in [0.717, 1.165) is 45.0 Å². The van der Waals surface area contributed by atoms with Crippen molar-refractivity contribution in [1.82, 2.24) is 15.1 Å². The SMILES string of the molecule is CC(C)n1nc(N2CCCCC2CNC2CCOCC2)ccc1=O. The van der Waals surface area contributed by atoms with Crippen LogP contribution >= 0.6 is 0 Å². The van der Waals surface area contributed by atoms with Gasteiger partial charge in [-0.25, -0.2) is 4.68 Å². The molecular weight excluding hydrogens is 304 g/mol. The number of ether oxygens (including phenoxy) is 1. The second-order valence-electron chi connectivity index (χ2n) is 7.21. The number of anilines is 1. The van der Waals surface area contributed by atoms with Gasteiger partial charge in [0.15, 0.2) is 0 Å². The summed E-state index contributed by atoms with van der Waals surface area (Å²) in [7, 11) is 0. The molecule has 2 saturated heterocycles. The first-order valence-electron chi connectivity index (χ1n) is 9.33. The van der Waals surface area contributed by atoms with Crippen molar-refractivity contribution < 1.29 is 4.74 Å². The minimum Gasteiger partial charge on any atom is -0.381 e. The Morgan fingerprint density at radius 1 is 1.25 bits per heavy atom. The molecule has 0 saturated carbocycles. The molecule has 0 amide bonds. The van der Waals surface area contributed by atoms with Crippen molar-refractivity contribution >= 4 is 5.82 Å². The molecule has 0 aliphatic carbocycles. The Balaban J connectivity index is 1.69. The van der Waals surface area contributed by atoms with Gasteiger partial charge in [0, 0.05) is 44.5 Å². The molecule has 1 aromatic heterocycles. The minimum absolute atomic E-state index is 0.0253. The summed E-state index contributed by atoms with van der Waals surface area (Å²) in [5, 5.41) is 8.34. The fourth-order valence-corrected chi connectivity index (χ4v) is 3.66. The van der Waals surface area contributed by atoms with E-state index in [2.05, 4.69) is 15.3 Å². The largest absolute Gasteiger partial charge is 0.381 e. The van der Waals surface area contributed by atoms with Crippen LogP contribution in [0.5, 0.6) is 0 Å². The maximum atomic E-state index is 12.0. The second-order valence-corrected chi connectivity index (χ2v) is 7.21. The molecular formula is C18H30N4O2. The van der Waals surface area contributed by atoms with Crippen LogP contribution in [0.4, 0.5) is 5.82 Å². The fourth-order valence-electron chi connectivity index (χ4n) is 3.66. The highest BCUT2D eigenvalue weighted by atomic mass is 16.5. The normalized spacial score (nSPS) is 23.0. The highest BCUT2D eigenvalue weighted by Crippen LogP contribution is 2.22. The van der Waals surface area contributed by atoms with Crippen LogP contribution in [0.2, 0.25) is 0 Å². The molecule has 134 valence electrons. The van der Waals surface area contributed by atoms with Crippen molar-refractivity contribution in [2.75, 3.05) is 31.2 Å². The van der Waals surface area contributed by atoms with E-state index in [1.54, 1.807) is 10.7 Å². The van der Waals surface area contributed by atoms with Crippen molar-refractivity contribution in [2.45, 2.75) is 64.1 Å². The maximum absolute atomic E-state index is 12.0. The van der Waals surface area contributed by atoms with E-state index >= 15 is 0 Å². The molecule has 1 N–H and O–H groups in total. The van der Waals surface area contributed by atoms with Gasteiger partial charge in [-0.3, -0.25) is 4.79 Å². The van der Waals surface area contributed by atoms with Gasteiger partial charge in [0.05, 0.1) is 6.04 Å². The molecule has 3 heterocycles. The Kier molecular flexibility index (Phi) is 5.89. The third kappa shape index (κ3) is 4.16. The third-order valence-corrected chi connectivity index (χ3v) is 5.08. The summed E-state index contributed by atoms with van der Waals surface area (Å²) in [5.74, 6) is 0.932. The number of hydrogen-bond donors (Lipinski definition) is 1. The molecule has 2 aliphatic heterocycles. The van der Waals surface area contributed by atoms with E-state index in [1.165, 1.54) is 19.3 Å². The lowest BCUT2D eigenvalue weighted by Gasteiger charge is -2.38. The lowest BCUT2D eigenvalue weighted by molar-refractivity contribution is 0.0774. The highest BCUT2D eigenvalue weighted by Gasteiger charge is 2.25. The second kappa shape index (κ2) is 8.12. The van der Waals surface area contributed by atoms with Gasteiger partial charge in [-0.1, -0.05) is 0 Å². The molecule has 1 unspecified atom stereocenters. The molecule has 2 aliphatic rings. The van der Waals surface area contributed by atoms with Crippen LogP contribution in [0.3, 0.4) is 0 Å². The van der Waals surface area contributed by atoms with Gasteiger partial charge in [0.2, 0.25) is 0 Å². The number of nitrogens with zero attached hydrogens (tertiary/aromatic N) is 3. The molecule has 6 nitrogen and oxygen atoms in total. The topological polar surface area (TPSA) is 59.4 Å². The number of hydrogen-bond acceptors (Lipinski definition) is 5. The zero-order valence-electron chi connectivity index (χ0n) is 14.9. The molecule has 0 spiro atoms. The smallest absolute Gasteiger partial charge is 0.267 e. The number of aromatic nitrogens is 2. The maximum Gasteiger partial charge on any atom is 0.267 e. The summed E-state index contributed by atoms with van der Waals surface area (Å²) in [6, 6.07) is 4.64. The van der Waals surface area contributed by atoms with E-state index in [-0.39, 0.29) is 11.6 Å². The van der Waals surface area contributed by atoms with Crippen LogP contribution in [0.15, 0.2) is 16.9 Å². The molecule has 1 atom stereocenters. The summed E-state index contributed by atoms with van der Waals surface area (Å²) >= 11 is 0. The summed E-state index contributed by atoms with van der Waals surface area (Å²) < 4.78 is 7.03. The molecule has 3 rings (SSSR count). The quantitative estimate of drug-likeness (QED) is 0.892. The Labute approximate surface area is 144 Å². The Morgan fingerprint density at radius 3 is 2.79 bits per heavy atom. The molecule has 0 radical (unpaired) electrons. The first kappa shape index (κ1) is 17.4. The fraction of sp³-hybridized carbons (Fsp3) is 0.778. The van der Waals surface area contributed by atoms with Crippen molar-refractivity contribution in [1.29, 1.82) is 0 Å². The van der Waals surface area contributed by atoms with E-state index in [0.29, 0.717) is 12.1 Å². The first-order chi connectivity index (χ1) is 11.6. The summed E-state index contributed by atoms with van der Waals surface area (Å²) in [5.41, 5.74) is -0.0253. The Hall–Kier alpha value is -1.40. The first-order valence-corrected chi connectivity index (χ1v) is 9.33. The highest BCUT2D eigenvalue weighted by molar-refractivity contribution is 5.39. The molecule has 6 heteroatoms. The van der Waals surface area contributed by atoms with Crippen molar-refractivity contribution in [2.24, 2.45) is 0 Å². The minimum atomic E-state index is -0.0253. The van der Waals surface area contributed by atoms with E-state index in [4.69, 9.17) is 4.74 Å². The summed E-state index contributed by atoms with van der Waals surface area (Å²) in [6.07, 6.45) is 5.84. The van der Waals surface area contributed by atoms with Crippen molar-refractivity contribution in [3.8, 4) is 0 Å². The number of nitrogens with one attached hydrogen (secondary N) is 1. The van der Waals surface area contributed by atoms with Gasteiger partial charge in [0.25, 0.3) is 5.56 Å². The van der Waals surface area contributed by atoms with Gasteiger partial charge in [-0.2, -0.15) is 5.10 Å². The van der Waals surface area contributed by atoms with Crippen LogP contribution in [-0.4, -0.2) is 48.2 Å². The average Bonchev–Trinajstić information content (AvgIpc) is 2.61. The number of rotatable bonds is 5. The lowest BCUT2D eigenvalue weighted by Crippen LogP contribution is -2.49. The van der Waals surface area contributed by atoms with E-state index < -0.39 is 0 Å². The predicted molar refractivity (Wildman–Crippen MR) is 95.7 cm³/mol. The van der Waals surface area contributed by atoms with Crippen LogP contribution < -0.4 is 15.8 Å². The molecule has 24 heavy (non-hydrogen) atoms. The van der Waals surface area contributed by atoms with Crippen LogP contribution in [0.1, 0.15) is 52.0 Å². The van der Waals surface area contributed by atoms with Gasteiger partial charge >= 0.3 is 0 Å². The van der Waals surface area contributed by atoms with Crippen LogP contribution in [0.25, 0.3) is 0 Å². The van der Waals surface area contributed by atoms with Gasteiger partial charge in [-0.05, 0) is 52.0 Å². The average molecular weight is 334 g/mol. The van der Waals surface area contributed by atoms with Crippen LogP contribution in [0, 0.1) is 0 Å². The zero-order valence-corrected chi connectivity index (χ0v) is 14.9. The van der Waals surface area contributed by atoms with Gasteiger partial charge in [0.1, 0.15) is 5.82 Å². The molecule has 2 fully saturated rings. The Bertz CT molecular complexity index is 581. The lowest BCUT2D eigenvalue weighted by atomic mass is 10.0. The van der Waals surface area contributed by atoms with E-state index in [1.807, 2.05) is 19.9 Å². The third-order valence-electron chi connectivity index (χ3n) is 5.08. The van der Waals surface area contributed by atoms with Crippen molar-refractivity contribution in [3.05, 3.63) is 22.5 Å².